The van der Waals surface area contributed by atoms with E-state index >= 15 is 0 Å². The number of rotatable bonds is 5. The Morgan fingerprint density at radius 2 is 1.79 bits per heavy atom. The Morgan fingerprint density at radius 1 is 1.21 bits per heavy atom. The third-order valence-electron chi connectivity index (χ3n) is 2.36. The van der Waals surface area contributed by atoms with Crippen LogP contribution in [0.4, 0.5) is 5.69 Å². The van der Waals surface area contributed by atoms with Gasteiger partial charge in [-0.15, -0.1) is 0 Å². The summed E-state index contributed by atoms with van der Waals surface area (Å²) in [6, 6.07) is 3.91. The molecule has 8 heteroatoms. The largest absolute Gasteiger partial charge is 0.366 e. The molecule has 2 amide bonds. The van der Waals surface area contributed by atoms with Gasteiger partial charge in [0.15, 0.2) is 0 Å². The van der Waals surface area contributed by atoms with Crippen molar-refractivity contribution in [1.29, 1.82) is 0 Å². The van der Waals surface area contributed by atoms with Crippen LogP contribution in [0.5, 0.6) is 0 Å². The predicted molar refractivity (Wildman–Crippen MR) is 71.4 cm³/mol. The lowest BCUT2D eigenvalue weighted by Gasteiger charge is -2.09. The maximum atomic E-state index is 11.5. The molecule has 19 heavy (non-hydrogen) atoms. The molecule has 7 nitrogen and oxygen atoms in total. The summed E-state index contributed by atoms with van der Waals surface area (Å²) in [5.41, 5.74) is 5.46. The number of primary amides is 1. The summed E-state index contributed by atoms with van der Waals surface area (Å²) in [6.07, 6.45) is 0. The van der Waals surface area contributed by atoms with Crippen molar-refractivity contribution in [3.8, 4) is 0 Å². The number of nitrogens with two attached hydrogens (primary N) is 1. The van der Waals surface area contributed by atoms with Gasteiger partial charge in [0.25, 0.3) is 5.91 Å². The molecule has 0 fully saturated rings. The summed E-state index contributed by atoms with van der Waals surface area (Å²) in [5.74, 6) is -1.31. The SMILES string of the molecule is CCS(=O)(=O)Nc1cc(C(N)=O)cc(C(=O)NC)c1. The van der Waals surface area contributed by atoms with E-state index in [2.05, 4.69) is 10.0 Å². The minimum absolute atomic E-state index is 0.0508. The molecule has 4 N–H and O–H groups in total. The fraction of sp³-hybridized carbons (Fsp3) is 0.273. The first-order valence-corrected chi connectivity index (χ1v) is 7.11. The van der Waals surface area contributed by atoms with Gasteiger partial charge in [-0.3, -0.25) is 14.3 Å². The summed E-state index contributed by atoms with van der Waals surface area (Å²) in [7, 11) is -2.07. The summed E-state index contributed by atoms with van der Waals surface area (Å²) in [4.78, 5) is 22.7. The molecule has 0 spiro atoms. The van der Waals surface area contributed by atoms with Crippen LogP contribution in [0.25, 0.3) is 0 Å². The van der Waals surface area contributed by atoms with E-state index in [0.717, 1.165) is 0 Å². The van der Waals surface area contributed by atoms with Crippen LogP contribution in [0, 0.1) is 0 Å². The minimum atomic E-state index is -3.50. The van der Waals surface area contributed by atoms with Gasteiger partial charge >= 0.3 is 0 Å². The maximum absolute atomic E-state index is 11.5. The molecule has 104 valence electrons. The van der Waals surface area contributed by atoms with E-state index < -0.39 is 21.8 Å². The quantitative estimate of drug-likeness (QED) is 0.700. The Balaban J connectivity index is 3.28. The Bertz CT molecular complexity index is 610. The molecule has 0 unspecified atom stereocenters. The molecule has 1 aromatic carbocycles. The highest BCUT2D eigenvalue weighted by molar-refractivity contribution is 7.92. The number of benzene rings is 1. The molecule has 0 saturated carbocycles. The van der Waals surface area contributed by atoms with Crippen molar-refractivity contribution in [3.63, 3.8) is 0 Å². The number of carbonyl (C=O) groups excluding carboxylic acids is 2. The van der Waals surface area contributed by atoms with Gasteiger partial charge in [-0.25, -0.2) is 8.42 Å². The normalized spacial score (nSPS) is 10.8. The third-order valence-corrected chi connectivity index (χ3v) is 3.67. The van der Waals surface area contributed by atoms with E-state index in [1.807, 2.05) is 0 Å². The summed E-state index contributed by atoms with van der Waals surface area (Å²) < 4.78 is 25.2. The lowest BCUT2D eigenvalue weighted by Crippen LogP contribution is -2.21. The van der Waals surface area contributed by atoms with Crippen LogP contribution in [0.2, 0.25) is 0 Å². The first kappa shape index (κ1) is 15.0. The molecule has 0 saturated heterocycles. The first-order chi connectivity index (χ1) is 8.79. The van der Waals surface area contributed by atoms with Crippen LogP contribution in [0.15, 0.2) is 18.2 Å². The van der Waals surface area contributed by atoms with Gasteiger partial charge in [0.2, 0.25) is 15.9 Å². The average Bonchev–Trinajstić information content (AvgIpc) is 2.36. The smallest absolute Gasteiger partial charge is 0.251 e. The van der Waals surface area contributed by atoms with E-state index in [4.69, 9.17) is 5.73 Å². The second-order valence-corrected chi connectivity index (χ2v) is 5.76. The van der Waals surface area contributed by atoms with E-state index in [1.165, 1.54) is 32.2 Å². The lowest BCUT2D eigenvalue weighted by molar-refractivity contribution is 0.0963. The van der Waals surface area contributed by atoms with Crippen molar-refractivity contribution < 1.29 is 18.0 Å². The second-order valence-electron chi connectivity index (χ2n) is 3.75. The van der Waals surface area contributed by atoms with Gasteiger partial charge in [-0.2, -0.15) is 0 Å². The van der Waals surface area contributed by atoms with Crippen molar-refractivity contribution in [2.45, 2.75) is 6.92 Å². The van der Waals surface area contributed by atoms with Gasteiger partial charge in [0, 0.05) is 18.2 Å². The number of anilines is 1. The second kappa shape index (κ2) is 5.70. The van der Waals surface area contributed by atoms with Crippen LogP contribution < -0.4 is 15.8 Å². The lowest BCUT2D eigenvalue weighted by atomic mass is 10.1. The van der Waals surface area contributed by atoms with Gasteiger partial charge in [0.05, 0.1) is 11.4 Å². The summed E-state index contributed by atoms with van der Waals surface area (Å²) in [6.45, 7) is 1.47. The third kappa shape index (κ3) is 3.95. The Hall–Kier alpha value is -2.09. The molecule has 0 aliphatic heterocycles. The molecule has 0 aliphatic carbocycles. The number of hydrogen-bond acceptors (Lipinski definition) is 4. The zero-order valence-corrected chi connectivity index (χ0v) is 11.4. The molecule has 0 atom stereocenters. The van der Waals surface area contributed by atoms with Crippen molar-refractivity contribution >= 4 is 27.5 Å². The molecule has 1 rings (SSSR count). The highest BCUT2D eigenvalue weighted by Gasteiger charge is 2.13. The number of amides is 2. The van der Waals surface area contributed by atoms with Crippen molar-refractivity contribution in [3.05, 3.63) is 29.3 Å². The molecule has 1 aromatic rings. The number of nitrogens with one attached hydrogen (secondary N) is 2. The maximum Gasteiger partial charge on any atom is 0.251 e. The standard InChI is InChI=1S/C11H15N3O4S/c1-3-19(17,18)14-9-5-7(10(12)15)4-8(6-9)11(16)13-2/h4-6,14H,3H2,1-2H3,(H2,12,15)(H,13,16). The minimum Gasteiger partial charge on any atom is -0.366 e. The zero-order valence-electron chi connectivity index (χ0n) is 10.6. The van der Waals surface area contributed by atoms with Crippen LogP contribution >= 0.6 is 0 Å². The Morgan fingerprint density at radius 3 is 2.26 bits per heavy atom. The fourth-order valence-electron chi connectivity index (χ4n) is 1.36. The summed E-state index contributed by atoms with van der Waals surface area (Å²) in [5, 5.41) is 2.38. The van der Waals surface area contributed by atoms with Crippen LogP contribution in [-0.4, -0.2) is 33.0 Å². The highest BCUT2D eigenvalue weighted by Crippen LogP contribution is 2.16. The van der Waals surface area contributed by atoms with Crippen molar-refractivity contribution in [1.82, 2.24) is 5.32 Å². The monoisotopic (exact) mass is 285 g/mol. The molecular formula is C11H15N3O4S. The van der Waals surface area contributed by atoms with Gasteiger partial charge in [-0.1, -0.05) is 0 Å². The van der Waals surface area contributed by atoms with Crippen molar-refractivity contribution in [2.75, 3.05) is 17.5 Å². The molecule has 0 radical (unpaired) electrons. The van der Waals surface area contributed by atoms with E-state index in [-0.39, 0.29) is 22.6 Å². The van der Waals surface area contributed by atoms with Gasteiger partial charge < -0.3 is 11.1 Å². The molecule has 0 aliphatic rings. The van der Waals surface area contributed by atoms with Gasteiger partial charge in [-0.05, 0) is 25.1 Å². The molecular weight excluding hydrogens is 270 g/mol. The zero-order chi connectivity index (χ0) is 14.6. The average molecular weight is 285 g/mol. The Kier molecular flexibility index (Phi) is 4.49. The number of carbonyl (C=O) groups is 2. The first-order valence-electron chi connectivity index (χ1n) is 5.46. The van der Waals surface area contributed by atoms with Crippen LogP contribution in [0.3, 0.4) is 0 Å². The van der Waals surface area contributed by atoms with E-state index in [9.17, 15) is 18.0 Å². The predicted octanol–water partition coefficient (Wildman–Crippen LogP) is -0.0933. The molecule has 0 bridgehead atoms. The highest BCUT2D eigenvalue weighted by atomic mass is 32.2. The number of hydrogen-bond donors (Lipinski definition) is 3. The van der Waals surface area contributed by atoms with Crippen LogP contribution in [0.1, 0.15) is 27.6 Å². The summed E-state index contributed by atoms with van der Waals surface area (Å²) >= 11 is 0. The van der Waals surface area contributed by atoms with E-state index in [1.54, 1.807) is 0 Å². The van der Waals surface area contributed by atoms with Crippen molar-refractivity contribution in [2.24, 2.45) is 5.73 Å². The molecule has 0 aromatic heterocycles. The fourth-order valence-corrected chi connectivity index (χ4v) is 1.98. The number of sulfonamides is 1. The topological polar surface area (TPSA) is 118 Å². The van der Waals surface area contributed by atoms with Gasteiger partial charge in [0.1, 0.15) is 0 Å². The molecule has 0 heterocycles. The van der Waals surface area contributed by atoms with Crippen LogP contribution in [-0.2, 0) is 10.0 Å². The Labute approximate surface area is 111 Å². The van der Waals surface area contributed by atoms with E-state index in [0.29, 0.717) is 0 Å².